The second-order valence-corrected chi connectivity index (χ2v) is 8.69. The molecule has 0 saturated carbocycles. The van der Waals surface area contributed by atoms with Gasteiger partial charge in [-0.2, -0.15) is 31.3 Å². The van der Waals surface area contributed by atoms with Gasteiger partial charge in [0, 0.05) is 25.1 Å². The topological polar surface area (TPSA) is 42.2 Å². The fraction of sp³-hybridized carbons (Fsp3) is 0.417. The fourth-order valence-corrected chi connectivity index (χ4v) is 4.32. The van der Waals surface area contributed by atoms with E-state index in [1.54, 1.807) is 11.0 Å². The Morgan fingerprint density at radius 3 is 2.46 bits per heavy atom. The normalized spacial score (nSPS) is 18.5. The molecule has 2 unspecified atom stereocenters. The van der Waals surface area contributed by atoms with Crippen molar-refractivity contribution < 1.29 is 35.3 Å². The largest absolute Gasteiger partial charge is 0.416 e. The lowest BCUT2D eigenvalue weighted by molar-refractivity contribution is -0.180. The van der Waals surface area contributed by atoms with Crippen LogP contribution >= 0.6 is 0 Å². The molecule has 0 amide bonds. The summed E-state index contributed by atoms with van der Waals surface area (Å²) >= 11 is 0. The average Bonchev–Trinajstić information content (AvgIpc) is 3.27. The molecule has 35 heavy (non-hydrogen) atoms. The zero-order valence-electron chi connectivity index (χ0n) is 18.4. The number of benzene rings is 2. The molecule has 1 aliphatic rings. The van der Waals surface area contributed by atoms with E-state index in [4.69, 9.17) is 4.52 Å². The number of aromatic nitrogens is 2. The van der Waals surface area contributed by atoms with Gasteiger partial charge in [-0.15, -0.1) is 0 Å². The maximum Gasteiger partial charge on any atom is 0.416 e. The highest BCUT2D eigenvalue weighted by molar-refractivity contribution is 5.52. The second-order valence-electron chi connectivity index (χ2n) is 8.69. The summed E-state index contributed by atoms with van der Waals surface area (Å²) in [5.74, 6) is -2.70. The Kier molecular flexibility index (Phi) is 7.16. The number of piperidine rings is 1. The van der Waals surface area contributed by atoms with Crippen molar-refractivity contribution in [3.05, 3.63) is 71.3 Å². The predicted octanol–water partition coefficient (Wildman–Crippen LogP) is 6.50. The van der Waals surface area contributed by atoms with Gasteiger partial charge in [-0.3, -0.25) is 0 Å². The van der Waals surface area contributed by atoms with E-state index in [0.29, 0.717) is 30.5 Å². The predicted molar refractivity (Wildman–Crippen MR) is 113 cm³/mol. The zero-order valence-corrected chi connectivity index (χ0v) is 18.4. The van der Waals surface area contributed by atoms with E-state index in [1.165, 1.54) is 30.3 Å². The third kappa shape index (κ3) is 6.39. The molecule has 11 heteroatoms. The summed E-state index contributed by atoms with van der Waals surface area (Å²) in [6.45, 7) is 0.301. The van der Waals surface area contributed by atoms with Crippen LogP contribution in [0.25, 0.3) is 11.5 Å². The Bertz CT molecular complexity index is 1130. The molecule has 2 heterocycles. The molecule has 0 spiro atoms. The van der Waals surface area contributed by atoms with Crippen molar-refractivity contribution in [2.24, 2.45) is 5.92 Å². The van der Waals surface area contributed by atoms with Crippen LogP contribution in [0.2, 0.25) is 0 Å². The number of hydrogen-bond donors (Lipinski definition) is 0. The maximum absolute atomic E-state index is 13.9. The summed E-state index contributed by atoms with van der Waals surface area (Å²) in [6.07, 6.45) is -8.37. The van der Waals surface area contributed by atoms with Crippen LogP contribution in [0.15, 0.2) is 53.1 Å². The van der Waals surface area contributed by atoms with Gasteiger partial charge < -0.3 is 9.42 Å². The highest BCUT2D eigenvalue weighted by Gasteiger charge is 2.42. The Morgan fingerprint density at radius 1 is 1.03 bits per heavy atom. The lowest BCUT2D eigenvalue weighted by Crippen LogP contribution is -2.42. The molecule has 3 aromatic rings. The fourth-order valence-electron chi connectivity index (χ4n) is 4.32. The molecule has 0 bridgehead atoms. The van der Waals surface area contributed by atoms with Crippen LogP contribution in [0.3, 0.4) is 0 Å². The molecule has 1 aromatic heterocycles. The molecular formula is C24H22F7N3O. The average molecular weight is 501 g/mol. The van der Waals surface area contributed by atoms with Crippen molar-refractivity contribution in [1.82, 2.24) is 15.0 Å². The molecule has 2 atom stereocenters. The molecule has 2 aromatic carbocycles. The van der Waals surface area contributed by atoms with Crippen LogP contribution in [0.4, 0.5) is 30.7 Å². The number of rotatable bonds is 6. The van der Waals surface area contributed by atoms with E-state index in [9.17, 15) is 30.7 Å². The molecule has 1 fully saturated rings. The number of halogens is 7. The first kappa shape index (κ1) is 25.2. The van der Waals surface area contributed by atoms with Gasteiger partial charge in [0.2, 0.25) is 0 Å². The minimum Gasteiger partial charge on any atom is -0.334 e. The van der Waals surface area contributed by atoms with Crippen LogP contribution in [-0.4, -0.2) is 40.9 Å². The van der Waals surface area contributed by atoms with Crippen LogP contribution < -0.4 is 0 Å². The summed E-state index contributed by atoms with van der Waals surface area (Å²) in [7, 11) is 0. The molecule has 4 nitrogen and oxygen atoms in total. The van der Waals surface area contributed by atoms with Gasteiger partial charge >= 0.3 is 12.4 Å². The summed E-state index contributed by atoms with van der Waals surface area (Å²) in [5.41, 5.74) is 0.0817. The highest BCUT2D eigenvalue weighted by Crippen LogP contribution is 2.35. The summed E-state index contributed by atoms with van der Waals surface area (Å²) < 4.78 is 99.0. The van der Waals surface area contributed by atoms with Crippen molar-refractivity contribution in [2.75, 3.05) is 19.6 Å². The van der Waals surface area contributed by atoms with Gasteiger partial charge in [-0.1, -0.05) is 23.4 Å². The van der Waals surface area contributed by atoms with Crippen molar-refractivity contribution in [3.63, 3.8) is 0 Å². The Labute approximate surface area is 196 Å². The van der Waals surface area contributed by atoms with Crippen LogP contribution in [0.5, 0.6) is 0 Å². The number of alkyl halides is 6. The lowest BCUT2D eigenvalue weighted by atomic mass is 9.89. The van der Waals surface area contributed by atoms with Gasteiger partial charge in [0.05, 0.1) is 11.5 Å². The molecule has 1 saturated heterocycles. The maximum atomic E-state index is 13.9. The first-order valence-electron chi connectivity index (χ1n) is 11.0. The molecule has 0 N–H and O–H groups in total. The second kappa shape index (κ2) is 9.96. The van der Waals surface area contributed by atoms with Crippen LogP contribution in [0.1, 0.15) is 35.7 Å². The third-order valence-corrected chi connectivity index (χ3v) is 6.12. The molecule has 188 valence electrons. The molecule has 4 rings (SSSR count). The van der Waals surface area contributed by atoms with Gasteiger partial charge in [-0.05, 0) is 61.2 Å². The van der Waals surface area contributed by atoms with E-state index in [1.807, 2.05) is 0 Å². The summed E-state index contributed by atoms with van der Waals surface area (Å²) in [6, 6.07) is 10.1. The summed E-state index contributed by atoms with van der Waals surface area (Å²) in [5, 5.41) is 3.65. The standard InChI is InChI=1S/C24H22F7N3O/c25-20-8-6-15(7-9-20)22-32-21(33-35-22)12-19(24(29,30)31)14-34-10-2-4-17(13-34)16-3-1-5-18(11-16)23(26,27)28/h1,3,5-9,11,17,19H,2,4,10,12-14H2. The number of likely N-dealkylation sites (tertiary alicyclic amines) is 1. The van der Waals surface area contributed by atoms with E-state index < -0.39 is 36.1 Å². The molecular weight excluding hydrogens is 479 g/mol. The minimum absolute atomic E-state index is 0.0106. The summed E-state index contributed by atoms with van der Waals surface area (Å²) in [4.78, 5) is 5.66. The Morgan fingerprint density at radius 2 is 1.77 bits per heavy atom. The van der Waals surface area contributed by atoms with Gasteiger partial charge in [0.25, 0.3) is 5.89 Å². The highest BCUT2D eigenvalue weighted by atomic mass is 19.4. The molecule has 1 aliphatic heterocycles. The van der Waals surface area contributed by atoms with Crippen LogP contribution in [0, 0.1) is 11.7 Å². The minimum atomic E-state index is -4.54. The zero-order chi connectivity index (χ0) is 25.2. The molecule has 0 radical (unpaired) electrons. The van der Waals surface area contributed by atoms with E-state index in [0.717, 1.165) is 12.1 Å². The number of hydrogen-bond acceptors (Lipinski definition) is 4. The number of nitrogens with zero attached hydrogens (tertiary/aromatic N) is 3. The smallest absolute Gasteiger partial charge is 0.334 e. The third-order valence-electron chi connectivity index (χ3n) is 6.12. The first-order valence-corrected chi connectivity index (χ1v) is 11.0. The van der Waals surface area contributed by atoms with E-state index >= 15 is 0 Å². The Balaban J connectivity index is 1.45. The van der Waals surface area contributed by atoms with E-state index in [-0.39, 0.29) is 30.7 Å². The SMILES string of the molecule is Fc1ccc(-c2nc(CC(CN3CCCC(c4cccc(C(F)(F)F)c4)C3)C(F)(F)F)no2)cc1. The van der Waals surface area contributed by atoms with Crippen molar-refractivity contribution in [3.8, 4) is 11.5 Å². The van der Waals surface area contributed by atoms with Gasteiger partial charge in [0.1, 0.15) is 5.82 Å². The quantitative estimate of drug-likeness (QED) is 0.362. The Hall–Kier alpha value is -2.95. The van der Waals surface area contributed by atoms with Crippen molar-refractivity contribution in [1.29, 1.82) is 0 Å². The van der Waals surface area contributed by atoms with Crippen molar-refractivity contribution in [2.45, 2.75) is 37.5 Å². The first-order chi connectivity index (χ1) is 16.5. The van der Waals surface area contributed by atoms with Gasteiger partial charge in [0.15, 0.2) is 5.82 Å². The van der Waals surface area contributed by atoms with Gasteiger partial charge in [-0.25, -0.2) is 4.39 Å². The van der Waals surface area contributed by atoms with E-state index in [2.05, 4.69) is 10.1 Å². The van der Waals surface area contributed by atoms with Crippen LogP contribution in [-0.2, 0) is 12.6 Å². The molecule has 0 aliphatic carbocycles. The lowest BCUT2D eigenvalue weighted by Gasteiger charge is -2.35. The monoisotopic (exact) mass is 501 g/mol. The van der Waals surface area contributed by atoms with Crippen molar-refractivity contribution >= 4 is 0 Å².